The van der Waals surface area contributed by atoms with E-state index in [1.807, 2.05) is 4.90 Å². The van der Waals surface area contributed by atoms with Crippen LogP contribution in [0, 0.1) is 5.92 Å². The first kappa shape index (κ1) is 11.4. The Hall–Kier alpha value is 0.300. The van der Waals surface area contributed by atoms with Crippen LogP contribution in [0.4, 0.5) is 8.78 Å². The molecule has 0 aromatic carbocycles. The maximum absolute atomic E-state index is 12.0. The van der Waals surface area contributed by atoms with Gasteiger partial charge in [-0.2, -0.15) is 0 Å². The fourth-order valence-electron chi connectivity index (χ4n) is 1.79. The maximum atomic E-state index is 12.0. The molecule has 78 valence electrons. The third-order valence-electron chi connectivity index (χ3n) is 2.68. The summed E-state index contributed by atoms with van der Waals surface area (Å²) in [6.45, 7) is 3.73. The van der Waals surface area contributed by atoms with Gasteiger partial charge in [0.25, 0.3) is 6.43 Å². The van der Waals surface area contributed by atoms with Crippen molar-refractivity contribution in [2.75, 3.05) is 19.6 Å². The number of rotatable bonds is 3. The minimum Gasteiger partial charge on any atom is -0.298 e. The Labute approximate surface area is 86.6 Å². The van der Waals surface area contributed by atoms with Crippen LogP contribution in [0.5, 0.6) is 0 Å². The standard InChI is InChI=1S/C9H16BrF2N/c1-7(10)8-2-4-13(5-3-8)6-9(11)12/h7-9H,2-6H2,1H3. The second-order valence-corrected chi connectivity index (χ2v) is 5.15. The highest BCUT2D eigenvalue weighted by atomic mass is 79.9. The van der Waals surface area contributed by atoms with Gasteiger partial charge in [-0.15, -0.1) is 0 Å². The fourth-order valence-corrected chi connectivity index (χ4v) is 2.32. The molecule has 0 bridgehead atoms. The van der Waals surface area contributed by atoms with Gasteiger partial charge in [0.2, 0.25) is 0 Å². The molecule has 0 saturated carbocycles. The Balaban J connectivity index is 2.22. The van der Waals surface area contributed by atoms with E-state index in [9.17, 15) is 8.78 Å². The molecule has 1 aliphatic rings. The van der Waals surface area contributed by atoms with Gasteiger partial charge < -0.3 is 0 Å². The van der Waals surface area contributed by atoms with Gasteiger partial charge in [-0.05, 0) is 31.8 Å². The molecular formula is C9H16BrF2N. The molecule has 0 aliphatic carbocycles. The van der Waals surface area contributed by atoms with E-state index in [-0.39, 0.29) is 6.54 Å². The fraction of sp³-hybridized carbons (Fsp3) is 1.00. The molecule has 13 heavy (non-hydrogen) atoms. The van der Waals surface area contributed by atoms with E-state index in [2.05, 4.69) is 22.9 Å². The van der Waals surface area contributed by atoms with Crippen molar-refractivity contribution in [3.05, 3.63) is 0 Å². The van der Waals surface area contributed by atoms with Gasteiger partial charge >= 0.3 is 0 Å². The molecule has 0 N–H and O–H groups in total. The van der Waals surface area contributed by atoms with Crippen molar-refractivity contribution < 1.29 is 8.78 Å². The van der Waals surface area contributed by atoms with Crippen LogP contribution in [0.1, 0.15) is 19.8 Å². The van der Waals surface area contributed by atoms with Crippen LogP contribution in [0.3, 0.4) is 0 Å². The Morgan fingerprint density at radius 3 is 2.31 bits per heavy atom. The number of likely N-dealkylation sites (tertiary alicyclic amines) is 1. The Bertz CT molecular complexity index is 145. The zero-order valence-electron chi connectivity index (χ0n) is 7.85. The van der Waals surface area contributed by atoms with E-state index in [1.165, 1.54) is 0 Å². The van der Waals surface area contributed by atoms with Gasteiger partial charge in [-0.25, -0.2) is 8.78 Å². The van der Waals surface area contributed by atoms with E-state index in [0.29, 0.717) is 10.7 Å². The van der Waals surface area contributed by atoms with E-state index in [0.717, 1.165) is 25.9 Å². The largest absolute Gasteiger partial charge is 0.298 e. The highest BCUT2D eigenvalue weighted by Crippen LogP contribution is 2.25. The lowest BCUT2D eigenvalue weighted by Gasteiger charge is -2.32. The molecule has 1 rings (SSSR count). The van der Waals surface area contributed by atoms with Crippen LogP contribution in [0.25, 0.3) is 0 Å². The minimum atomic E-state index is -2.18. The van der Waals surface area contributed by atoms with E-state index in [1.54, 1.807) is 0 Å². The summed E-state index contributed by atoms with van der Waals surface area (Å²) in [4.78, 5) is 2.37. The average Bonchev–Trinajstić information content (AvgIpc) is 2.04. The van der Waals surface area contributed by atoms with Crippen molar-refractivity contribution >= 4 is 15.9 Å². The van der Waals surface area contributed by atoms with Crippen molar-refractivity contribution in [3.8, 4) is 0 Å². The summed E-state index contributed by atoms with van der Waals surface area (Å²) in [6, 6.07) is 0. The molecule has 1 saturated heterocycles. The normalized spacial score (nSPS) is 23.8. The summed E-state index contributed by atoms with van der Waals surface area (Å²) in [5.74, 6) is 0.661. The van der Waals surface area contributed by atoms with Crippen LogP contribution in [0.15, 0.2) is 0 Å². The van der Waals surface area contributed by atoms with E-state index in [4.69, 9.17) is 0 Å². The second kappa shape index (κ2) is 5.25. The first-order valence-electron chi connectivity index (χ1n) is 4.74. The molecule has 1 unspecified atom stereocenters. The lowest BCUT2D eigenvalue weighted by Crippen LogP contribution is -2.38. The molecule has 0 amide bonds. The zero-order valence-corrected chi connectivity index (χ0v) is 9.43. The maximum Gasteiger partial charge on any atom is 0.251 e. The Morgan fingerprint density at radius 1 is 1.38 bits per heavy atom. The lowest BCUT2D eigenvalue weighted by molar-refractivity contribution is 0.0694. The van der Waals surface area contributed by atoms with Crippen LogP contribution >= 0.6 is 15.9 Å². The van der Waals surface area contributed by atoms with Crippen molar-refractivity contribution in [1.29, 1.82) is 0 Å². The Morgan fingerprint density at radius 2 is 1.92 bits per heavy atom. The minimum absolute atomic E-state index is 0.0522. The quantitative estimate of drug-likeness (QED) is 0.702. The highest BCUT2D eigenvalue weighted by molar-refractivity contribution is 9.09. The van der Waals surface area contributed by atoms with Gasteiger partial charge in [0.05, 0.1) is 6.54 Å². The van der Waals surface area contributed by atoms with Crippen molar-refractivity contribution in [2.24, 2.45) is 5.92 Å². The molecule has 0 spiro atoms. The molecule has 1 nitrogen and oxygen atoms in total. The predicted octanol–water partition coefficient (Wildman–Crippen LogP) is 2.75. The van der Waals surface area contributed by atoms with Gasteiger partial charge in [0.1, 0.15) is 0 Å². The SMILES string of the molecule is CC(Br)C1CCN(CC(F)F)CC1. The first-order chi connectivity index (χ1) is 6.09. The molecule has 1 atom stereocenters. The number of alkyl halides is 3. The molecule has 1 heterocycles. The number of piperidine rings is 1. The van der Waals surface area contributed by atoms with Crippen molar-refractivity contribution in [2.45, 2.75) is 31.0 Å². The topological polar surface area (TPSA) is 3.24 Å². The van der Waals surface area contributed by atoms with Gasteiger partial charge in [-0.3, -0.25) is 4.90 Å². The summed E-state index contributed by atoms with van der Waals surface area (Å²) >= 11 is 3.54. The molecule has 0 aromatic heterocycles. The average molecular weight is 256 g/mol. The highest BCUT2D eigenvalue weighted by Gasteiger charge is 2.23. The summed E-state index contributed by atoms with van der Waals surface area (Å²) in [7, 11) is 0. The number of hydrogen-bond donors (Lipinski definition) is 0. The summed E-state index contributed by atoms with van der Waals surface area (Å²) < 4.78 is 24.0. The summed E-state index contributed by atoms with van der Waals surface area (Å²) in [5, 5.41) is 0. The third-order valence-corrected chi connectivity index (χ3v) is 3.43. The van der Waals surface area contributed by atoms with Gasteiger partial charge in [-0.1, -0.05) is 22.9 Å². The van der Waals surface area contributed by atoms with Crippen molar-refractivity contribution in [3.63, 3.8) is 0 Å². The Kier molecular flexibility index (Phi) is 4.59. The van der Waals surface area contributed by atoms with Crippen LogP contribution in [0.2, 0.25) is 0 Å². The molecule has 4 heteroatoms. The molecular weight excluding hydrogens is 240 g/mol. The van der Waals surface area contributed by atoms with Gasteiger partial charge in [0.15, 0.2) is 0 Å². The van der Waals surface area contributed by atoms with Crippen molar-refractivity contribution in [1.82, 2.24) is 4.90 Å². The number of halogens is 3. The van der Waals surface area contributed by atoms with E-state index < -0.39 is 6.43 Å². The smallest absolute Gasteiger partial charge is 0.251 e. The number of hydrogen-bond acceptors (Lipinski definition) is 1. The zero-order chi connectivity index (χ0) is 9.84. The molecule has 1 aliphatic heterocycles. The predicted molar refractivity (Wildman–Crippen MR) is 53.6 cm³/mol. The van der Waals surface area contributed by atoms with Crippen LogP contribution in [-0.2, 0) is 0 Å². The first-order valence-corrected chi connectivity index (χ1v) is 5.65. The number of nitrogens with zero attached hydrogens (tertiary/aromatic N) is 1. The summed E-state index contributed by atoms with van der Waals surface area (Å²) in [6.07, 6.45) is -0.101. The molecule has 0 aromatic rings. The van der Waals surface area contributed by atoms with Crippen LogP contribution in [-0.4, -0.2) is 35.8 Å². The lowest BCUT2D eigenvalue weighted by atomic mass is 9.94. The summed E-state index contributed by atoms with van der Waals surface area (Å²) in [5.41, 5.74) is 0. The van der Waals surface area contributed by atoms with Gasteiger partial charge in [0, 0.05) is 4.83 Å². The monoisotopic (exact) mass is 255 g/mol. The van der Waals surface area contributed by atoms with Crippen LogP contribution < -0.4 is 0 Å². The van der Waals surface area contributed by atoms with E-state index >= 15 is 0 Å². The second-order valence-electron chi connectivity index (χ2n) is 3.71. The third kappa shape index (κ3) is 3.90. The molecule has 0 radical (unpaired) electrons. The molecule has 1 fully saturated rings.